The molecule has 0 unspecified atom stereocenters. The van der Waals surface area contributed by atoms with E-state index in [2.05, 4.69) is 126 Å². The molecule has 0 saturated heterocycles. The summed E-state index contributed by atoms with van der Waals surface area (Å²) in [6.07, 6.45) is 0. The first kappa shape index (κ1) is 25.2. The molecule has 0 spiro atoms. The van der Waals surface area contributed by atoms with Crippen molar-refractivity contribution in [2.24, 2.45) is 0 Å². The van der Waals surface area contributed by atoms with E-state index < -0.39 is 0 Å². The summed E-state index contributed by atoms with van der Waals surface area (Å²) in [6.45, 7) is 0. The van der Waals surface area contributed by atoms with Gasteiger partial charge < -0.3 is 4.42 Å². The van der Waals surface area contributed by atoms with E-state index in [0.29, 0.717) is 11.4 Å². The van der Waals surface area contributed by atoms with E-state index in [4.69, 9.17) is 14.4 Å². The van der Waals surface area contributed by atoms with Gasteiger partial charge in [-0.25, -0.2) is 9.97 Å². The Morgan fingerprint density at radius 2 is 1.23 bits per heavy atom. The monoisotopic (exact) mass is 617 g/mol. The minimum atomic E-state index is 0.670. The summed E-state index contributed by atoms with van der Waals surface area (Å²) in [5, 5.41) is 10.8. The Hall–Kier alpha value is -6.04. The lowest BCUT2D eigenvalue weighted by molar-refractivity contribution is 0.662. The molecule has 4 aromatic heterocycles. The predicted octanol–water partition coefficient (Wildman–Crippen LogP) is 11.8. The maximum atomic E-state index is 6.68. The molecule has 218 valence electrons. The lowest BCUT2D eigenvalue weighted by Gasteiger charge is -2.12. The normalized spacial score (nSPS) is 12.3. The number of nitrogens with zero attached hydrogens (tertiary/aromatic N) is 3. The summed E-state index contributed by atoms with van der Waals surface area (Å²) in [5.41, 5.74) is 5.49. The first-order valence-corrected chi connectivity index (χ1v) is 16.6. The molecule has 11 aromatic rings. The zero-order chi connectivity index (χ0) is 30.6. The number of benzene rings is 7. The molecule has 0 N–H and O–H groups in total. The maximum Gasteiger partial charge on any atom is 0.197 e. The van der Waals surface area contributed by atoms with Crippen LogP contribution in [0.3, 0.4) is 0 Å². The van der Waals surface area contributed by atoms with Gasteiger partial charge in [0.15, 0.2) is 17.2 Å². The van der Waals surface area contributed by atoms with E-state index in [0.717, 1.165) is 44.3 Å². The fourth-order valence-corrected chi connectivity index (χ4v) is 8.79. The van der Waals surface area contributed by atoms with Crippen LogP contribution in [0.2, 0.25) is 0 Å². The molecule has 4 heterocycles. The molecule has 0 bridgehead atoms. The Morgan fingerprint density at radius 3 is 2.11 bits per heavy atom. The van der Waals surface area contributed by atoms with Crippen LogP contribution < -0.4 is 0 Å². The van der Waals surface area contributed by atoms with Gasteiger partial charge in [0.2, 0.25) is 0 Å². The van der Waals surface area contributed by atoms with Crippen LogP contribution in [-0.4, -0.2) is 14.5 Å². The molecule has 4 nitrogen and oxygen atoms in total. The largest absolute Gasteiger partial charge is 0.450 e. The lowest BCUT2D eigenvalue weighted by atomic mass is 9.99. The number of furan rings is 1. The Bertz CT molecular complexity index is 3090. The van der Waals surface area contributed by atoms with Crippen molar-refractivity contribution in [1.29, 1.82) is 0 Å². The highest BCUT2D eigenvalue weighted by Crippen LogP contribution is 2.48. The minimum absolute atomic E-state index is 0.670. The number of aromatic nitrogens is 3. The molecule has 0 aliphatic rings. The number of hydrogen-bond acceptors (Lipinski definition) is 4. The number of thiophene rings is 1. The highest BCUT2D eigenvalue weighted by Gasteiger charge is 2.25. The van der Waals surface area contributed by atoms with Gasteiger partial charge in [-0.3, -0.25) is 4.57 Å². The van der Waals surface area contributed by atoms with E-state index in [-0.39, 0.29) is 0 Å². The first-order chi connectivity index (χ1) is 23.3. The fourth-order valence-electron chi connectivity index (χ4n) is 7.53. The van der Waals surface area contributed by atoms with Crippen LogP contribution in [0.15, 0.2) is 144 Å². The molecule has 0 fully saturated rings. The number of para-hydroxylation sites is 2. The molecule has 7 aromatic carbocycles. The van der Waals surface area contributed by atoms with Crippen LogP contribution >= 0.6 is 11.3 Å². The minimum Gasteiger partial charge on any atom is -0.450 e. The van der Waals surface area contributed by atoms with E-state index in [9.17, 15) is 0 Å². The molecule has 0 saturated carbocycles. The number of fused-ring (bicyclic) bond motifs is 14. The predicted molar refractivity (Wildman–Crippen MR) is 197 cm³/mol. The van der Waals surface area contributed by atoms with Crippen molar-refractivity contribution >= 4 is 96.9 Å². The van der Waals surface area contributed by atoms with Crippen molar-refractivity contribution in [2.45, 2.75) is 0 Å². The van der Waals surface area contributed by atoms with Gasteiger partial charge in [0.05, 0.1) is 15.7 Å². The second-order valence-corrected chi connectivity index (χ2v) is 13.2. The van der Waals surface area contributed by atoms with Crippen molar-refractivity contribution in [3.63, 3.8) is 0 Å². The quantitative estimate of drug-likeness (QED) is 0.194. The van der Waals surface area contributed by atoms with Crippen molar-refractivity contribution in [3.8, 4) is 17.2 Å². The third-order valence-electron chi connectivity index (χ3n) is 9.57. The third-order valence-corrected chi connectivity index (χ3v) is 10.7. The summed E-state index contributed by atoms with van der Waals surface area (Å²) >= 11 is 1.85. The average Bonchev–Trinajstić information content (AvgIpc) is 3.81. The molecular weight excluding hydrogens is 595 g/mol. The summed E-state index contributed by atoms with van der Waals surface area (Å²) in [7, 11) is 0. The van der Waals surface area contributed by atoms with Gasteiger partial charge in [0.25, 0.3) is 0 Å². The van der Waals surface area contributed by atoms with Crippen LogP contribution in [0.25, 0.3) is 103 Å². The topological polar surface area (TPSA) is 43.9 Å². The number of hydrogen-bond donors (Lipinski definition) is 0. The maximum absolute atomic E-state index is 6.68. The zero-order valence-electron chi connectivity index (χ0n) is 24.9. The van der Waals surface area contributed by atoms with Crippen LogP contribution in [0.4, 0.5) is 0 Å². The smallest absolute Gasteiger partial charge is 0.197 e. The second-order valence-electron chi connectivity index (χ2n) is 12.1. The van der Waals surface area contributed by atoms with Crippen molar-refractivity contribution in [2.75, 3.05) is 0 Å². The van der Waals surface area contributed by atoms with Crippen molar-refractivity contribution < 1.29 is 4.42 Å². The highest BCUT2D eigenvalue weighted by molar-refractivity contribution is 7.27. The van der Waals surface area contributed by atoms with Gasteiger partial charge in [-0.1, -0.05) is 109 Å². The van der Waals surface area contributed by atoms with Gasteiger partial charge in [0.1, 0.15) is 11.1 Å². The molecule has 11 rings (SSSR count). The molecule has 0 amide bonds. The Kier molecular flexibility index (Phi) is 4.96. The first-order valence-electron chi connectivity index (χ1n) is 15.8. The van der Waals surface area contributed by atoms with E-state index >= 15 is 0 Å². The molecule has 0 atom stereocenters. The molecule has 0 aliphatic carbocycles. The van der Waals surface area contributed by atoms with Crippen LogP contribution in [0, 0.1) is 0 Å². The van der Waals surface area contributed by atoms with E-state index in [1.165, 1.54) is 47.1 Å². The van der Waals surface area contributed by atoms with E-state index in [1.807, 2.05) is 29.5 Å². The molecule has 47 heavy (non-hydrogen) atoms. The van der Waals surface area contributed by atoms with Crippen molar-refractivity contribution in [1.82, 2.24) is 14.5 Å². The molecule has 0 radical (unpaired) electrons. The second kappa shape index (κ2) is 9.25. The van der Waals surface area contributed by atoms with Gasteiger partial charge in [-0.05, 0) is 51.9 Å². The molecule has 0 aliphatic heterocycles. The summed E-state index contributed by atoms with van der Waals surface area (Å²) in [4.78, 5) is 10.6. The van der Waals surface area contributed by atoms with Gasteiger partial charge >= 0.3 is 0 Å². The van der Waals surface area contributed by atoms with Crippen LogP contribution in [0.5, 0.6) is 0 Å². The highest BCUT2D eigenvalue weighted by atomic mass is 32.1. The zero-order valence-corrected chi connectivity index (χ0v) is 25.8. The lowest BCUT2D eigenvalue weighted by Crippen LogP contribution is -2.02. The van der Waals surface area contributed by atoms with Gasteiger partial charge in [0, 0.05) is 37.2 Å². The van der Waals surface area contributed by atoms with Gasteiger partial charge in [-0.15, -0.1) is 11.3 Å². The Morgan fingerprint density at radius 1 is 0.553 bits per heavy atom. The summed E-state index contributed by atoms with van der Waals surface area (Å²) in [6, 6.07) is 49.3. The number of rotatable bonds is 2. The summed E-state index contributed by atoms with van der Waals surface area (Å²) in [5.74, 6) is 1.42. The standard InChI is InChI=1S/C42H23N3OS/c1-2-12-25-23-26(22-21-24(25)11-1)41-43-37-30-16-6-9-19-33(30)46-39(37)42(44-41)45-32-18-8-5-15-29(32)35-27-13-3-4-14-28(27)36-31-17-7-10-20-34(31)47-40(36)38(35)45/h1-23H. The SMILES string of the molecule is c1ccc2cc(-c3nc(-n4c5ccccc5c5c6ccccc6c6c7ccccc7sc6c54)c4oc5ccccc5c4n3)ccc2c1. The third kappa shape index (κ3) is 3.41. The summed E-state index contributed by atoms with van der Waals surface area (Å²) < 4.78 is 11.5. The average molecular weight is 618 g/mol. The molecular formula is C42H23N3OS. The van der Waals surface area contributed by atoms with Crippen molar-refractivity contribution in [3.05, 3.63) is 140 Å². The molecule has 5 heteroatoms. The fraction of sp³-hybridized carbons (Fsp3) is 0. The Balaban J connectivity index is 1.37. The Labute approximate surface area is 271 Å². The van der Waals surface area contributed by atoms with E-state index in [1.54, 1.807) is 0 Å². The van der Waals surface area contributed by atoms with Gasteiger partial charge in [-0.2, -0.15) is 0 Å². The van der Waals surface area contributed by atoms with Crippen LogP contribution in [-0.2, 0) is 0 Å². The van der Waals surface area contributed by atoms with Crippen LogP contribution in [0.1, 0.15) is 0 Å².